The second-order valence-corrected chi connectivity index (χ2v) is 7.06. The van der Waals surface area contributed by atoms with E-state index < -0.39 is 0 Å². The molecule has 0 aliphatic heterocycles. The Morgan fingerprint density at radius 2 is 2.18 bits per heavy atom. The molecule has 2 atom stereocenters. The number of halogens is 2. The van der Waals surface area contributed by atoms with Crippen LogP contribution in [0.25, 0.3) is 0 Å². The molecule has 17 heavy (non-hydrogen) atoms. The summed E-state index contributed by atoms with van der Waals surface area (Å²) in [6.45, 7) is 3.24. The Balaban J connectivity index is 2.21. The van der Waals surface area contributed by atoms with Crippen LogP contribution < -0.4 is 0 Å². The molecule has 1 aliphatic carbocycles. The van der Waals surface area contributed by atoms with Crippen LogP contribution in [-0.4, -0.2) is 14.6 Å². The molecule has 0 bridgehead atoms. The van der Waals surface area contributed by atoms with Crippen molar-refractivity contribution in [3.8, 4) is 0 Å². The first-order valence-electron chi connectivity index (χ1n) is 6.57. The van der Waals surface area contributed by atoms with Crippen molar-refractivity contribution in [1.82, 2.24) is 9.78 Å². The Morgan fingerprint density at radius 3 is 2.94 bits per heavy atom. The first-order chi connectivity index (χ1) is 8.22. The molecule has 1 saturated carbocycles. The summed E-state index contributed by atoms with van der Waals surface area (Å²) in [7, 11) is 0. The van der Waals surface area contributed by atoms with Gasteiger partial charge in [0.25, 0.3) is 0 Å². The summed E-state index contributed by atoms with van der Waals surface area (Å²) >= 11 is 7.48. The highest BCUT2D eigenvalue weighted by atomic mass is 79.9. The first kappa shape index (κ1) is 13.6. The molecule has 0 saturated heterocycles. The van der Waals surface area contributed by atoms with Crippen molar-refractivity contribution in [2.24, 2.45) is 0 Å². The first-order valence-corrected chi connectivity index (χ1v) is 8.28. The predicted octanol–water partition coefficient (Wildman–Crippen LogP) is 4.87. The van der Waals surface area contributed by atoms with E-state index in [9.17, 15) is 0 Å². The minimum atomic E-state index is 0.658. The Kier molecular flexibility index (Phi) is 5.10. The Hall–Kier alpha value is 0.170. The van der Waals surface area contributed by atoms with Gasteiger partial charge in [-0.25, -0.2) is 0 Å². The maximum atomic E-state index is 4.49. The zero-order valence-corrected chi connectivity index (χ0v) is 13.5. The van der Waals surface area contributed by atoms with Crippen LogP contribution in [0.1, 0.15) is 57.1 Å². The molecule has 1 aromatic rings. The molecule has 96 valence electrons. The van der Waals surface area contributed by atoms with Gasteiger partial charge in [0.1, 0.15) is 0 Å². The lowest BCUT2D eigenvalue weighted by atomic mass is 9.96. The smallest absolute Gasteiger partial charge is 0.0635 e. The molecule has 2 unspecified atom stereocenters. The zero-order chi connectivity index (χ0) is 12.3. The number of hydrogen-bond donors (Lipinski definition) is 0. The van der Waals surface area contributed by atoms with Gasteiger partial charge < -0.3 is 0 Å². The van der Waals surface area contributed by atoms with Crippen LogP contribution in [0.5, 0.6) is 0 Å². The molecule has 1 aromatic heterocycles. The van der Waals surface area contributed by atoms with Gasteiger partial charge in [0.2, 0.25) is 0 Å². The fraction of sp³-hybridized carbons (Fsp3) is 0.769. The maximum Gasteiger partial charge on any atom is 0.0635 e. The van der Waals surface area contributed by atoms with Crippen LogP contribution in [0.2, 0.25) is 0 Å². The zero-order valence-electron chi connectivity index (χ0n) is 10.3. The standard InChI is InChI=1S/C13H20Br2N2/c1-2-7-17-13(12(15)9-16-17)10-5-3-4-6-11(14)8-10/h9-11H,2-8H2,1H3. The van der Waals surface area contributed by atoms with Crippen LogP contribution in [-0.2, 0) is 6.54 Å². The van der Waals surface area contributed by atoms with E-state index in [0.717, 1.165) is 13.0 Å². The molecule has 1 aliphatic rings. The maximum absolute atomic E-state index is 4.49. The molecule has 0 aromatic carbocycles. The van der Waals surface area contributed by atoms with Gasteiger partial charge in [0.05, 0.1) is 16.4 Å². The second kappa shape index (κ2) is 6.37. The van der Waals surface area contributed by atoms with Crippen molar-refractivity contribution < 1.29 is 0 Å². The molecule has 1 heterocycles. The van der Waals surface area contributed by atoms with Gasteiger partial charge >= 0.3 is 0 Å². The van der Waals surface area contributed by atoms with Gasteiger partial charge in [-0.15, -0.1) is 0 Å². The molecule has 0 amide bonds. The molecule has 2 rings (SSSR count). The minimum Gasteiger partial charge on any atom is -0.268 e. The molecular formula is C13H20Br2N2. The molecule has 0 spiro atoms. The molecule has 2 nitrogen and oxygen atoms in total. The molecule has 4 heteroatoms. The third-order valence-corrected chi connectivity index (χ3v) is 4.96. The van der Waals surface area contributed by atoms with Crippen LogP contribution in [0, 0.1) is 0 Å². The van der Waals surface area contributed by atoms with E-state index >= 15 is 0 Å². The number of hydrogen-bond acceptors (Lipinski definition) is 1. The Morgan fingerprint density at radius 1 is 1.41 bits per heavy atom. The van der Waals surface area contributed by atoms with E-state index in [0.29, 0.717) is 10.7 Å². The number of aryl methyl sites for hydroxylation is 1. The number of aromatic nitrogens is 2. The van der Waals surface area contributed by atoms with Crippen molar-refractivity contribution in [1.29, 1.82) is 0 Å². The highest BCUT2D eigenvalue weighted by Crippen LogP contribution is 2.37. The summed E-state index contributed by atoms with van der Waals surface area (Å²) in [6, 6.07) is 0. The van der Waals surface area contributed by atoms with Crippen LogP contribution in [0.15, 0.2) is 10.7 Å². The number of rotatable bonds is 3. The van der Waals surface area contributed by atoms with E-state index in [-0.39, 0.29) is 0 Å². The van der Waals surface area contributed by atoms with Crippen LogP contribution in [0.4, 0.5) is 0 Å². The van der Waals surface area contributed by atoms with Crippen LogP contribution >= 0.6 is 31.9 Å². The van der Waals surface area contributed by atoms with Gasteiger partial charge in [-0.1, -0.05) is 35.7 Å². The lowest BCUT2D eigenvalue weighted by Crippen LogP contribution is -2.12. The van der Waals surface area contributed by atoms with E-state index in [4.69, 9.17) is 0 Å². The lowest BCUT2D eigenvalue weighted by molar-refractivity contribution is 0.502. The fourth-order valence-corrected chi connectivity index (χ4v) is 4.11. The third kappa shape index (κ3) is 3.34. The molecule has 0 radical (unpaired) electrons. The summed E-state index contributed by atoms with van der Waals surface area (Å²) in [5.41, 5.74) is 1.42. The lowest BCUT2D eigenvalue weighted by Gasteiger charge is -2.18. The fourth-order valence-electron chi connectivity index (χ4n) is 2.72. The van der Waals surface area contributed by atoms with Gasteiger partial charge in [0.15, 0.2) is 0 Å². The van der Waals surface area contributed by atoms with Gasteiger partial charge in [0, 0.05) is 17.3 Å². The summed E-state index contributed by atoms with van der Waals surface area (Å²) in [5.74, 6) is 0.658. The highest BCUT2D eigenvalue weighted by molar-refractivity contribution is 9.10. The third-order valence-electron chi connectivity index (χ3n) is 3.52. The largest absolute Gasteiger partial charge is 0.268 e. The Bertz CT molecular complexity index is 362. The van der Waals surface area contributed by atoms with E-state index in [1.165, 1.54) is 42.3 Å². The Labute approximate surface area is 120 Å². The normalized spacial score (nSPS) is 25.8. The summed E-state index contributed by atoms with van der Waals surface area (Å²) in [5, 5.41) is 4.49. The summed E-state index contributed by atoms with van der Waals surface area (Å²) in [6.07, 6.45) is 9.66. The number of nitrogens with zero attached hydrogens (tertiary/aromatic N) is 2. The topological polar surface area (TPSA) is 17.8 Å². The second-order valence-electron chi connectivity index (χ2n) is 4.92. The number of alkyl halides is 1. The van der Waals surface area contributed by atoms with Crippen molar-refractivity contribution in [3.63, 3.8) is 0 Å². The van der Waals surface area contributed by atoms with Crippen LogP contribution in [0.3, 0.4) is 0 Å². The minimum absolute atomic E-state index is 0.658. The SMILES string of the molecule is CCCn1ncc(Br)c1C1CCCCC(Br)C1. The average Bonchev–Trinajstić information content (AvgIpc) is 2.52. The predicted molar refractivity (Wildman–Crippen MR) is 78.8 cm³/mol. The quantitative estimate of drug-likeness (QED) is 0.553. The van der Waals surface area contributed by atoms with E-state index in [1.807, 2.05) is 6.20 Å². The van der Waals surface area contributed by atoms with E-state index in [2.05, 4.69) is 48.6 Å². The molecular weight excluding hydrogens is 344 g/mol. The highest BCUT2D eigenvalue weighted by Gasteiger charge is 2.24. The van der Waals surface area contributed by atoms with Gasteiger partial charge in [-0.3, -0.25) is 4.68 Å². The molecule has 0 N–H and O–H groups in total. The van der Waals surface area contributed by atoms with Gasteiger partial charge in [-0.2, -0.15) is 5.10 Å². The van der Waals surface area contributed by atoms with E-state index in [1.54, 1.807) is 0 Å². The van der Waals surface area contributed by atoms with Gasteiger partial charge in [-0.05, 0) is 41.6 Å². The van der Waals surface area contributed by atoms with Crippen molar-refractivity contribution in [3.05, 3.63) is 16.4 Å². The van der Waals surface area contributed by atoms with Crippen molar-refractivity contribution in [2.75, 3.05) is 0 Å². The molecule has 1 fully saturated rings. The summed E-state index contributed by atoms with van der Waals surface area (Å²) < 4.78 is 3.39. The average molecular weight is 364 g/mol. The summed E-state index contributed by atoms with van der Waals surface area (Å²) in [4.78, 5) is 0.673. The van der Waals surface area contributed by atoms with Crippen molar-refractivity contribution >= 4 is 31.9 Å². The monoisotopic (exact) mass is 362 g/mol. The van der Waals surface area contributed by atoms with Crippen molar-refractivity contribution in [2.45, 2.75) is 62.7 Å².